The molecule has 6 aliphatic rings. The van der Waals surface area contributed by atoms with Gasteiger partial charge >= 0.3 is 0 Å². The highest BCUT2D eigenvalue weighted by molar-refractivity contribution is 6.05. The van der Waals surface area contributed by atoms with Gasteiger partial charge in [-0.05, 0) is 98.2 Å². The van der Waals surface area contributed by atoms with E-state index in [-0.39, 0.29) is 30.0 Å². The molecule has 2 aromatic carbocycles. The Morgan fingerprint density at radius 1 is 0.887 bits per heavy atom. The van der Waals surface area contributed by atoms with Crippen molar-refractivity contribution in [1.29, 1.82) is 0 Å². The van der Waals surface area contributed by atoms with Crippen LogP contribution in [0.25, 0.3) is 0 Å². The molecule has 15 nitrogen and oxygen atoms in total. The Balaban J connectivity index is 0.710. The predicted octanol–water partition coefficient (Wildman–Crippen LogP) is 5.27. The lowest BCUT2D eigenvalue weighted by atomic mass is 9.71. The van der Waals surface area contributed by atoms with Crippen molar-refractivity contribution in [1.82, 2.24) is 35.4 Å². The SMILES string of the molecule is C=CCNC(=O)c1cnc(Nc2ccc(N3CC4(C3)CN(C3CCN(c5ccc6c(c5)CN(C5CCC(=O)NC5=O)C6=O)CC3)C4)cc2)nc1Nc1ccc2c(n1)C(CC)CC2. The van der Waals surface area contributed by atoms with Crippen molar-refractivity contribution >= 4 is 58.3 Å². The summed E-state index contributed by atoms with van der Waals surface area (Å²) in [5, 5.41) is 11.9. The normalized spacial score (nSPS) is 21.8. The number of benzene rings is 2. The van der Waals surface area contributed by atoms with E-state index in [0.717, 1.165) is 94.0 Å². The highest BCUT2D eigenvalue weighted by Crippen LogP contribution is 2.44. The Morgan fingerprint density at radius 3 is 2.44 bits per heavy atom. The van der Waals surface area contributed by atoms with Crippen LogP contribution in [0.4, 0.5) is 34.6 Å². The number of hydrogen-bond acceptors (Lipinski definition) is 12. The quantitative estimate of drug-likeness (QED) is 0.108. The first-order valence-electron chi connectivity index (χ1n) is 22.1. The Kier molecular flexibility index (Phi) is 10.4. The summed E-state index contributed by atoms with van der Waals surface area (Å²) in [6, 6.07) is 18.5. The minimum Gasteiger partial charge on any atom is -0.371 e. The van der Waals surface area contributed by atoms with Gasteiger partial charge in [0.2, 0.25) is 17.8 Å². The molecule has 1 spiro atoms. The second-order valence-corrected chi connectivity index (χ2v) is 17.9. The van der Waals surface area contributed by atoms with Crippen LogP contribution in [0.1, 0.15) is 88.9 Å². The summed E-state index contributed by atoms with van der Waals surface area (Å²) in [7, 11) is 0. The summed E-state index contributed by atoms with van der Waals surface area (Å²) in [5.41, 5.74) is 7.85. The fourth-order valence-electron chi connectivity index (χ4n) is 10.4. The van der Waals surface area contributed by atoms with E-state index in [0.29, 0.717) is 65.6 Å². The molecule has 4 saturated heterocycles. The lowest BCUT2D eigenvalue weighted by Gasteiger charge is -2.63. The number of aryl methyl sites for hydroxylation is 1. The number of piperidine rings is 2. The number of hydrogen-bond donors (Lipinski definition) is 4. The van der Waals surface area contributed by atoms with E-state index < -0.39 is 6.04 Å². The fourth-order valence-corrected chi connectivity index (χ4v) is 10.4. The van der Waals surface area contributed by atoms with Gasteiger partial charge < -0.3 is 30.7 Å². The van der Waals surface area contributed by atoms with Gasteiger partial charge in [-0.2, -0.15) is 4.98 Å². The van der Waals surface area contributed by atoms with Gasteiger partial charge in [0.25, 0.3) is 11.8 Å². The van der Waals surface area contributed by atoms with Gasteiger partial charge in [0.1, 0.15) is 23.2 Å². The summed E-state index contributed by atoms with van der Waals surface area (Å²) in [6.45, 7) is 12.9. The van der Waals surface area contributed by atoms with Crippen LogP contribution in [0.3, 0.4) is 0 Å². The molecule has 2 aromatic heterocycles. The third kappa shape index (κ3) is 7.52. The number of aromatic nitrogens is 3. The zero-order chi connectivity index (χ0) is 42.5. The number of fused-ring (bicyclic) bond motifs is 2. The van der Waals surface area contributed by atoms with Gasteiger partial charge in [-0.1, -0.05) is 19.1 Å². The average molecular weight is 836 g/mol. The van der Waals surface area contributed by atoms with Crippen molar-refractivity contribution in [3.8, 4) is 0 Å². The zero-order valence-corrected chi connectivity index (χ0v) is 35.2. The van der Waals surface area contributed by atoms with Gasteiger partial charge in [0, 0.05) is 111 Å². The summed E-state index contributed by atoms with van der Waals surface area (Å²) >= 11 is 0. The highest BCUT2D eigenvalue weighted by atomic mass is 16.2. The molecular weight excluding hydrogens is 783 g/mol. The van der Waals surface area contributed by atoms with E-state index in [9.17, 15) is 19.2 Å². The van der Waals surface area contributed by atoms with Gasteiger partial charge in [0.15, 0.2) is 0 Å². The van der Waals surface area contributed by atoms with Crippen LogP contribution in [0.5, 0.6) is 0 Å². The molecular formula is C47H53N11O4. The minimum atomic E-state index is -0.598. The van der Waals surface area contributed by atoms with Crippen LogP contribution in [0.15, 0.2) is 73.4 Å². The molecule has 320 valence electrons. The van der Waals surface area contributed by atoms with Crippen LogP contribution in [0, 0.1) is 5.41 Å². The molecule has 0 radical (unpaired) electrons. The van der Waals surface area contributed by atoms with E-state index in [1.165, 1.54) is 17.4 Å². The molecule has 0 bridgehead atoms. The third-order valence-electron chi connectivity index (χ3n) is 13.8. The molecule has 10 rings (SSSR count). The molecule has 1 aliphatic carbocycles. The van der Waals surface area contributed by atoms with Crippen molar-refractivity contribution in [2.75, 3.05) is 66.2 Å². The molecule has 2 atom stereocenters. The van der Waals surface area contributed by atoms with E-state index >= 15 is 0 Å². The van der Waals surface area contributed by atoms with Gasteiger partial charge in [-0.3, -0.25) is 29.4 Å². The predicted molar refractivity (Wildman–Crippen MR) is 237 cm³/mol. The lowest BCUT2D eigenvalue weighted by molar-refractivity contribution is -0.136. The van der Waals surface area contributed by atoms with Crippen molar-refractivity contribution in [3.63, 3.8) is 0 Å². The molecule has 4 amide bonds. The zero-order valence-electron chi connectivity index (χ0n) is 35.2. The van der Waals surface area contributed by atoms with Crippen molar-refractivity contribution in [2.45, 2.75) is 76.4 Å². The first-order chi connectivity index (χ1) is 30.2. The Labute approximate surface area is 361 Å². The molecule has 15 heteroatoms. The molecule has 2 unspecified atom stereocenters. The van der Waals surface area contributed by atoms with Gasteiger partial charge in [-0.25, -0.2) is 9.97 Å². The van der Waals surface area contributed by atoms with Gasteiger partial charge in [-0.15, -0.1) is 6.58 Å². The smallest absolute Gasteiger partial charge is 0.256 e. The van der Waals surface area contributed by atoms with E-state index in [1.54, 1.807) is 11.0 Å². The number of nitrogens with zero attached hydrogens (tertiary/aromatic N) is 7. The molecule has 4 fully saturated rings. The number of imide groups is 1. The van der Waals surface area contributed by atoms with E-state index in [1.807, 2.05) is 30.3 Å². The molecule has 62 heavy (non-hydrogen) atoms. The number of nitrogens with one attached hydrogen (secondary N) is 4. The third-order valence-corrected chi connectivity index (χ3v) is 13.8. The van der Waals surface area contributed by atoms with Crippen LogP contribution < -0.4 is 31.1 Å². The van der Waals surface area contributed by atoms with Crippen LogP contribution >= 0.6 is 0 Å². The van der Waals surface area contributed by atoms with Crippen LogP contribution in [0.2, 0.25) is 0 Å². The van der Waals surface area contributed by atoms with Gasteiger partial charge in [0.05, 0.1) is 0 Å². The van der Waals surface area contributed by atoms with Crippen LogP contribution in [-0.4, -0.2) is 106 Å². The summed E-state index contributed by atoms with van der Waals surface area (Å²) in [5.74, 6) is 0.767. The molecule has 7 heterocycles. The second kappa shape index (κ2) is 16.2. The van der Waals surface area contributed by atoms with E-state index in [2.05, 4.69) is 78.7 Å². The maximum atomic E-state index is 13.2. The maximum Gasteiger partial charge on any atom is 0.256 e. The minimum absolute atomic E-state index is 0.132. The topological polar surface area (TPSA) is 168 Å². The molecule has 4 N–H and O–H groups in total. The van der Waals surface area contributed by atoms with Crippen LogP contribution in [-0.2, 0) is 22.6 Å². The Bertz CT molecular complexity index is 2430. The number of carbonyl (C=O) groups excluding carboxylic acids is 4. The number of likely N-dealkylation sites (tertiary alicyclic amines) is 1. The Hall–Kier alpha value is -6.35. The first kappa shape index (κ1) is 39.8. The molecule has 4 aromatic rings. The lowest BCUT2D eigenvalue weighted by Crippen LogP contribution is -2.74. The number of amides is 4. The number of anilines is 6. The second-order valence-electron chi connectivity index (χ2n) is 17.9. The summed E-state index contributed by atoms with van der Waals surface area (Å²) in [6.07, 6.45) is 9.19. The first-order valence-corrected chi connectivity index (χ1v) is 22.1. The molecule has 5 aliphatic heterocycles. The maximum absolute atomic E-state index is 13.2. The highest BCUT2D eigenvalue weighted by Gasteiger charge is 2.53. The van der Waals surface area contributed by atoms with E-state index in [4.69, 9.17) is 9.97 Å². The summed E-state index contributed by atoms with van der Waals surface area (Å²) in [4.78, 5) is 73.7. The van der Waals surface area contributed by atoms with Crippen molar-refractivity contribution in [2.24, 2.45) is 5.41 Å². The monoisotopic (exact) mass is 835 g/mol. The van der Waals surface area contributed by atoms with Crippen molar-refractivity contribution in [3.05, 3.63) is 101 Å². The average Bonchev–Trinajstić information content (AvgIpc) is 3.82. The number of pyridine rings is 1. The summed E-state index contributed by atoms with van der Waals surface area (Å²) < 4.78 is 0. The van der Waals surface area contributed by atoms with Crippen molar-refractivity contribution < 1.29 is 19.2 Å². The Morgan fingerprint density at radius 2 is 1.68 bits per heavy atom. The number of carbonyl (C=O) groups is 4. The standard InChI is InChI=1S/C47H53N11O4/c1-3-19-48-43(60)37-23-49-46(54-42(37)52-39-15-7-30-6-5-29(4-2)41(30)51-39)50-32-8-10-33(11-9-32)56-25-47(26-56)27-57(28-47)34-17-20-55(21-18-34)35-12-13-36-31(22-35)24-58(45(36)62)38-14-16-40(59)53-44(38)61/h3,7-13,15,22-23,29,34,38H,1,4-6,14,16-21,24-28H2,2H3,(H,48,60)(H,53,59,61)(H2,49,50,51,52,54). The largest absolute Gasteiger partial charge is 0.371 e. The fraction of sp³-hybridized carbons (Fsp3) is 0.426. The number of rotatable bonds is 12. The molecule has 0 saturated carbocycles.